The van der Waals surface area contributed by atoms with Crippen LogP contribution in [0.15, 0.2) is 30.5 Å². The van der Waals surface area contributed by atoms with Crippen molar-refractivity contribution in [3.8, 4) is 0 Å². The molecular formula is C19H24FN7O2. The van der Waals surface area contributed by atoms with Crippen LogP contribution in [-0.4, -0.2) is 69.5 Å². The van der Waals surface area contributed by atoms with Crippen LogP contribution >= 0.6 is 0 Å². The van der Waals surface area contributed by atoms with Crippen molar-refractivity contribution in [2.75, 3.05) is 38.0 Å². The summed E-state index contributed by atoms with van der Waals surface area (Å²) >= 11 is 0. The second kappa shape index (κ2) is 8.56. The number of anilines is 1. The summed E-state index contributed by atoms with van der Waals surface area (Å²) in [5.74, 6) is -0.297. The molecule has 2 N–H and O–H groups in total. The largest absolute Gasteiger partial charge is 0.354 e. The average molecular weight is 401 g/mol. The number of likely N-dealkylation sites (tertiary alicyclic amines) is 1. The Morgan fingerprint density at radius 3 is 2.69 bits per heavy atom. The van der Waals surface area contributed by atoms with Gasteiger partial charge in [-0.3, -0.25) is 9.69 Å². The second-order valence-corrected chi connectivity index (χ2v) is 7.41. The molecule has 0 spiro atoms. The van der Waals surface area contributed by atoms with Crippen molar-refractivity contribution < 1.29 is 14.0 Å². The zero-order chi connectivity index (χ0) is 20.2. The molecule has 9 nitrogen and oxygen atoms in total. The Kier molecular flexibility index (Phi) is 5.70. The Morgan fingerprint density at radius 1 is 1.21 bits per heavy atom. The van der Waals surface area contributed by atoms with Gasteiger partial charge in [-0.25, -0.2) is 13.9 Å². The number of benzene rings is 1. The van der Waals surface area contributed by atoms with Gasteiger partial charge < -0.3 is 15.5 Å². The summed E-state index contributed by atoms with van der Waals surface area (Å²) in [6, 6.07) is 5.74. The molecule has 2 aliphatic rings. The highest BCUT2D eigenvalue weighted by molar-refractivity contribution is 5.89. The lowest BCUT2D eigenvalue weighted by molar-refractivity contribution is -0.124. The smallest absolute Gasteiger partial charge is 0.321 e. The molecule has 2 fully saturated rings. The molecule has 2 saturated heterocycles. The Bertz CT molecular complexity index is 862. The lowest BCUT2D eigenvalue weighted by Crippen LogP contribution is -2.47. The second-order valence-electron chi connectivity index (χ2n) is 7.41. The SMILES string of the molecule is O=C1CN(Cc2cn(C3CCN(C(=O)Nc4ccc(F)cc4)CC3)nn2)CCN1. The van der Waals surface area contributed by atoms with E-state index in [1.165, 1.54) is 12.1 Å². The first-order valence-electron chi connectivity index (χ1n) is 9.78. The van der Waals surface area contributed by atoms with E-state index in [9.17, 15) is 14.0 Å². The predicted molar refractivity (Wildman–Crippen MR) is 104 cm³/mol. The monoisotopic (exact) mass is 401 g/mol. The van der Waals surface area contributed by atoms with Gasteiger partial charge in [-0.15, -0.1) is 5.10 Å². The van der Waals surface area contributed by atoms with Crippen molar-refractivity contribution in [3.63, 3.8) is 0 Å². The van der Waals surface area contributed by atoms with Gasteiger partial charge in [-0.2, -0.15) is 0 Å². The zero-order valence-electron chi connectivity index (χ0n) is 16.1. The number of rotatable bonds is 4. The number of aromatic nitrogens is 3. The molecule has 0 saturated carbocycles. The molecule has 1 aromatic carbocycles. The molecule has 0 atom stereocenters. The third-order valence-electron chi connectivity index (χ3n) is 5.28. The molecule has 0 bridgehead atoms. The molecule has 0 unspecified atom stereocenters. The van der Waals surface area contributed by atoms with Crippen molar-refractivity contribution in [3.05, 3.63) is 42.0 Å². The number of nitrogens with zero attached hydrogens (tertiary/aromatic N) is 5. The minimum Gasteiger partial charge on any atom is -0.354 e. The van der Waals surface area contributed by atoms with Crippen LogP contribution in [0.4, 0.5) is 14.9 Å². The van der Waals surface area contributed by atoms with Crippen molar-refractivity contribution >= 4 is 17.6 Å². The fourth-order valence-electron chi connectivity index (χ4n) is 3.69. The lowest BCUT2D eigenvalue weighted by atomic mass is 10.1. The molecule has 3 heterocycles. The van der Waals surface area contributed by atoms with Crippen molar-refractivity contribution in [2.45, 2.75) is 25.4 Å². The van der Waals surface area contributed by atoms with Gasteiger partial charge in [0.1, 0.15) is 5.82 Å². The normalized spacial score (nSPS) is 18.5. The van der Waals surface area contributed by atoms with Crippen LogP contribution < -0.4 is 10.6 Å². The minimum absolute atomic E-state index is 0.0370. The van der Waals surface area contributed by atoms with E-state index >= 15 is 0 Å². The van der Waals surface area contributed by atoms with Gasteiger partial charge in [0.25, 0.3) is 0 Å². The van der Waals surface area contributed by atoms with E-state index in [1.54, 1.807) is 17.0 Å². The summed E-state index contributed by atoms with van der Waals surface area (Å²) in [4.78, 5) is 27.7. The molecule has 0 radical (unpaired) electrons. The number of carbonyl (C=O) groups is 2. The molecule has 3 amide bonds. The molecule has 0 aliphatic carbocycles. The van der Waals surface area contributed by atoms with Crippen LogP contribution in [0, 0.1) is 5.82 Å². The first-order valence-corrected chi connectivity index (χ1v) is 9.78. The Morgan fingerprint density at radius 2 is 1.97 bits per heavy atom. The molecule has 4 rings (SSSR count). The summed E-state index contributed by atoms with van der Waals surface area (Å²) in [7, 11) is 0. The maximum absolute atomic E-state index is 13.0. The highest BCUT2D eigenvalue weighted by Gasteiger charge is 2.25. The van der Waals surface area contributed by atoms with Crippen molar-refractivity contribution in [2.24, 2.45) is 0 Å². The summed E-state index contributed by atoms with van der Waals surface area (Å²) < 4.78 is 14.8. The number of hydrogen-bond acceptors (Lipinski definition) is 5. The van der Waals surface area contributed by atoms with E-state index in [4.69, 9.17) is 0 Å². The van der Waals surface area contributed by atoms with Gasteiger partial charge in [-0.1, -0.05) is 5.21 Å². The fraction of sp³-hybridized carbons (Fsp3) is 0.474. The molecule has 1 aromatic heterocycles. The quantitative estimate of drug-likeness (QED) is 0.803. The summed E-state index contributed by atoms with van der Waals surface area (Å²) in [6.45, 7) is 3.67. The number of halogens is 1. The number of hydrogen-bond donors (Lipinski definition) is 2. The van der Waals surface area contributed by atoms with Gasteiger partial charge in [0.2, 0.25) is 5.91 Å². The maximum Gasteiger partial charge on any atom is 0.321 e. The standard InChI is InChI=1S/C19H24FN7O2/c20-14-1-3-15(4-2-14)22-19(29)26-8-5-17(6-9-26)27-12-16(23-24-27)11-25-10-7-21-18(28)13-25/h1-4,12,17H,5-11,13H2,(H,21,28)(H,22,29). The van der Waals surface area contributed by atoms with Gasteiger partial charge >= 0.3 is 6.03 Å². The minimum atomic E-state index is -0.334. The Balaban J connectivity index is 1.27. The van der Waals surface area contributed by atoms with E-state index in [0.29, 0.717) is 38.4 Å². The number of urea groups is 1. The lowest BCUT2D eigenvalue weighted by Gasteiger charge is -2.31. The van der Waals surface area contributed by atoms with Gasteiger partial charge in [0.05, 0.1) is 24.5 Å². The first-order chi connectivity index (χ1) is 14.1. The van der Waals surface area contributed by atoms with Crippen LogP contribution in [-0.2, 0) is 11.3 Å². The van der Waals surface area contributed by atoms with Crippen molar-refractivity contribution in [1.82, 2.24) is 30.1 Å². The predicted octanol–water partition coefficient (Wildman–Crippen LogP) is 1.22. The van der Waals surface area contributed by atoms with Crippen LogP contribution in [0.3, 0.4) is 0 Å². The van der Waals surface area contributed by atoms with Gasteiger partial charge in [-0.05, 0) is 37.1 Å². The maximum atomic E-state index is 13.0. The highest BCUT2D eigenvalue weighted by Crippen LogP contribution is 2.22. The topological polar surface area (TPSA) is 95.4 Å². The molecule has 2 aromatic rings. The molecular weight excluding hydrogens is 377 g/mol. The van der Waals surface area contributed by atoms with E-state index in [-0.39, 0.29) is 23.8 Å². The van der Waals surface area contributed by atoms with Gasteiger partial charge in [0.15, 0.2) is 0 Å². The van der Waals surface area contributed by atoms with E-state index in [2.05, 4.69) is 25.8 Å². The van der Waals surface area contributed by atoms with Crippen LogP contribution in [0.25, 0.3) is 0 Å². The molecule has 10 heteroatoms. The van der Waals surface area contributed by atoms with E-state index < -0.39 is 0 Å². The number of amides is 3. The van der Waals surface area contributed by atoms with Crippen LogP contribution in [0.2, 0.25) is 0 Å². The third kappa shape index (κ3) is 4.89. The van der Waals surface area contributed by atoms with Crippen LogP contribution in [0.5, 0.6) is 0 Å². The number of piperazine rings is 1. The summed E-state index contributed by atoms with van der Waals surface area (Å²) in [5.41, 5.74) is 1.42. The summed E-state index contributed by atoms with van der Waals surface area (Å²) in [5, 5.41) is 14.1. The summed E-state index contributed by atoms with van der Waals surface area (Å²) in [6.07, 6.45) is 3.50. The fourth-order valence-corrected chi connectivity index (χ4v) is 3.69. The number of carbonyl (C=O) groups excluding carboxylic acids is 2. The highest BCUT2D eigenvalue weighted by atomic mass is 19.1. The number of piperidine rings is 1. The first kappa shape index (κ1) is 19.3. The Labute approximate surface area is 167 Å². The third-order valence-corrected chi connectivity index (χ3v) is 5.28. The van der Waals surface area contributed by atoms with E-state index in [1.807, 2.05) is 10.9 Å². The average Bonchev–Trinajstić information content (AvgIpc) is 3.18. The Hall–Kier alpha value is -3.01. The molecule has 154 valence electrons. The van der Waals surface area contributed by atoms with E-state index in [0.717, 1.165) is 25.1 Å². The van der Waals surface area contributed by atoms with Crippen molar-refractivity contribution in [1.29, 1.82) is 0 Å². The number of nitrogens with one attached hydrogen (secondary N) is 2. The molecule has 29 heavy (non-hydrogen) atoms. The zero-order valence-corrected chi connectivity index (χ0v) is 16.1. The van der Waals surface area contributed by atoms with Crippen LogP contribution in [0.1, 0.15) is 24.6 Å². The van der Waals surface area contributed by atoms with Gasteiger partial charge in [0, 0.05) is 38.4 Å². The molecule has 2 aliphatic heterocycles.